The molecule has 1 heterocycles. The van der Waals surface area contributed by atoms with Gasteiger partial charge in [0.25, 0.3) is 0 Å². The van der Waals surface area contributed by atoms with Crippen LogP contribution in [0.15, 0.2) is 30.4 Å². The Kier molecular flexibility index (Phi) is 4.22. The summed E-state index contributed by atoms with van der Waals surface area (Å²) in [7, 11) is 0. The van der Waals surface area contributed by atoms with Gasteiger partial charge in [-0.25, -0.2) is 4.39 Å². The number of benzene rings is 1. The first-order chi connectivity index (χ1) is 10.6. The van der Waals surface area contributed by atoms with Gasteiger partial charge in [0.05, 0.1) is 12.5 Å². The number of hydrogen-bond donors (Lipinski definition) is 1. The lowest BCUT2D eigenvalue weighted by molar-refractivity contribution is -0.148. The summed E-state index contributed by atoms with van der Waals surface area (Å²) >= 11 is 0. The number of carbonyl (C=O) groups is 2. The Balaban J connectivity index is 1.70. The third-order valence-corrected chi connectivity index (χ3v) is 4.18. The number of fused-ring (bicyclic) bond motifs is 1. The van der Waals surface area contributed by atoms with Gasteiger partial charge in [-0.2, -0.15) is 0 Å². The number of esters is 1. The monoisotopic (exact) mass is 303 g/mol. The zero-order valence-electron chi connectivity index (χ0n) is 12.2. The van der Waals surface area contributed by atoms with Gasteiger partial charge in [0.15, 0.2) is 0 Å². The maximum absolute atomic E-state index is 13.3. The second-order valence-corrected chi connectivity index (χ2v) is 5.82. The highest BCUT2D eigenvalue weighted by Gasteiger charge is 2.32. The quantitative estimate of drug-likeness (QED) is 0.689. The van der Waals surface area contributed by atoms with Crippen LogP contribution >= 0.6 is 0 Å². The highest BCUT2D eigenvalue weighted by Crippen LogP contribution is 2.33. The van der Waals surface area contributed by atoms with Crippen molar-refractivity contribution >= 4 is 17.6 Å². The van der Waals surface area contributed by atoms with Gasteiger partial charge in [0.2, 0.25) is 5.91 Å². The van der Waals surface area contributed by atoms with Crippen molar-refractivity contribution in [2.75, 3.05) is 11.9 Å². The lowest BCUT2D eigenvalue weighted by Gasteiger charge is -2.25. The smallest absolute Gasteiger partial charge is 0.314 e. The van der Waals surface area contributed by atoms with Gasteiger partial charge in [0, 0.05) is 12.1 Å². The van der Waals surface area contributed by atoms with Gasteiger partial charge < -0.3 is 10.1 Å². The van der Waals surface area contributed by atoms with Crippen molar-refractivity contribution < 1.29 is 18.7 Å². The predicted molar refractivity (Wildman–Crippen MR) is 79.8 cm³/mol. The number of ether oxygens (including phenoxy) is 1. The third kappa shape index (κ3) is 3.18. The Hall–Kier alpha value is -2.17. The molecular weight excluding hydrogens is 285 g/mol. The molecule has 0 fully saturated rings. The van der Waals surface area contributed by atoms with Crippen LogP contribution in [-0.2, 0) is 14.3 Å². The number of allylic oxidation sites excluding steroid dienone is 2. The minimum atomic E-state index is -0.650. The van der Waals surface area contributed by atoms with Gasteiger partial charge in [-0.05, 0) is 42.9 Å². The van der Waals surface area contributed by atoms with E-state index < -0.39 is 17.7 Å². The average Bonchev–Trinajstić information content (AvgIpc) is 2.52. The van der Waals surface area contributed by atoms with E-state index in [1.54, 1.807) is 6.07 Å². The van der Waals surface area contributed by atoms with Crippen molar-refractivity contribution in [1.82, 2.24) is 0 Å². The minimum absolute atomic E-state index is 0.0437. The maximum Gasteiger partial charge on any atom is 0.314 e. The van der Waals surface area contributed by atoms with Crippen molar-refractivity contribution in [3.8, 4) is 0 Å². The van der Waals surface area contributed by atoms with Gasteiger partial charge in [0.1, 0.15) is 5.82 Å². The number of anilines is 1. The standard InChI is InChI=1S/C17H18FNO3/c18-12-6-7-13-14(9-16(20)19-15(13)8-12)17(21)22-10-11-4-2-1-3-5-11/h1-2,6-8,11,14H,3-5,9-10H2,(H,19,20). The summed E-state index contributed by atoms with van der Waals surface area (Å²) in [6.45, 7) is 0.373. The van der Waals surface area contributed by atoms with E-state index in [0.29, 0.717) is 23.8 Å². The topological polar surface area (TPSA) is 55.4 Å². The Bertz CT molecular complexity index is 626. The van der Waals surface area contributed by atoms with E-state index in [0.717, 1.165) is 19.3 Å². The van der Waals surface area contributed by atoms with Gasteiger partial charge in [-0.3, -0.25) is 9.59 Å². The number of rotatable bonds is 3. The summed E-state index contributed by atoms with van der Waals surface area (Å²) in [5.74, 6) is -1.44. The van der Waals surface area contributed by atoms with E-state index in [1.165, 1.54) is 12.1 Å². The van der Waals surface area contributed by atoms with Crippen LogP contribution < -0.4 is 5.32 Å². The van der Waals surface area contributed by atoms with Crippen LogP contribution in [0.1, 0.15) is 37.2 Å². The summed E-state index contributed by atoms with van der Waals surface area (Å²) in [6, 6.07) is 4.07. The van der Waals surface area contributed by atoms with E-state index in [2.05, 4.69) is 17.5 Å². The summed E-state index contributed by atoms with van der Waals surface area (Å²) in [6.07, 6.45) is 7.22. The minimum Gasteiger partial charge on any atom is -0.465 e. The SMILES string of the molecule is O=C1CC(C(=O)OCC2CC=CCC2)c2ccc(F)cc2N1. The van der Waals surface area contributed by atoms with Crippen LogP contribution in [0, 0.1) is 11.7 Å². The molecule has 1 amide bonds. The summed E-state index contributed by atoms with van der Waals surface area (Å²) in [4.78, 5) is 24.0. The number of carbonyl (C=O) groups excluding carboxylic acids is 2. The lowest BCUT2D eigenvalue weighted by Crippen LogP contribution is -2.29. The van der Waals surface area contributed by atoms with E-state index in [9.17, 15) is 14.0 Å². The van der Waals surface area contributed by atoms with Crippen molar-refractivity contribution in [3.05, 3.63) is 41.7 Å². The zero-order chi connectivity index (χ0) is 15.5. The van der Waals surface area contributed by atoms with E-state index in [1.807, 2.05) is 0 Å². The summed E-state index contributed by atoms with van der Waals surface area (Å²) in [5.41, 5.74) is 0.980. The Morgan fingerprint density at radius 3 is 3.00 bits per heavy atom. The molecule has 0 aromatic heterocycles. The molecule has 0 radical (unpaired) electrons. The molecule has 0 saturated carbocycles. The summed E-state index contributed by atoms with van der Waals surface area (Å²) in [5, 5.41) is 2.60. The van der Waals surface area contributed by atoms with Crippen molar-refractivity contribution in [3.63, 3.8) is 0 Å². The number of nitrogens with one attached hydrogen (secondary N) is 1. The molecule has 1 aliphatic heterocycles. The van der Waals surface area contributed by atoms with Crippen LogP contribution in [0.5, 0.6) is 0 Å². The molecule has 1 aromatic carbocycles. The summed E-state index contributed by atoms with van der Waals surface area (Å²) < 4.78 is 18.7. The van der Waals surface area contributed by atoms with Crippen molar-refractivity contribution in [1.29, 1.82) is 0 Å². The first-order valence-electron chi connectivity index (χ1n) is 7.54. The fourth-order valence-corrected chi connectivity index (χ4v) is 2.96. The van der Waals surface area contributed by atoms with E-state index >= 15 is 0 Å². The van der Waals surface area contributed by atoms with Crippen LogP contribution in [0.2, 0.25) is 0 Å². The molecule has 2 aliphatic rings. The molecule has 3 rings (SSSR count). The Morgan fingerprint density at radius 2 is 2.23 bits per heavy atom. The molecular formula is C17H18FNO3. The molecule has 1 N–H and O–H groups in total. The third-order valence-electron chi connectivity index (χ3n) is 4.18. The Morgan fingerprint density at radius 1 is 1.36 bits per heavy atom. The predicted octanol–water partition coefficient (Wildman–Crippen LogP) is 3.15. The molecule has 2 unspecified atom stereocenters. The first-order valence-corrected chi connectivity index (χ1v) is 7.54. The number of hydrogen-bond acceptors (Lipinski definition) is 3. The fraction of sp³-hybridized carbons (Fsp3) is 0.412. The van der Waals surface area contributed by atoms with Gasteiger partial charge in [-0.1, -0.05) is 18.2 Å². The highest BCUT2D eigenvalue weighted by atomic mass is 19.1. The first kappa shape index (κ1) is 14.8. The molecule has 4 nitrogen and oxygen atoms in total. The molecule has 1 aromatic rings. The molecule has 0 bridgehead atoms. The van der Waals surface area contributed by atoms with Crippen LogP contribution in [0.25, 0.3) is 0 Å². The number of halogens is 1. The molecule has 0 saturated heterocycles. The van der Waals surface area contributed by atoms with Crippen LogP contribution in [0.4, 0.5) is 10.1 Å². The van der Waals surface area contributed by atoms with E-state index in [-0.39, 0.29) is 12.3 Å². The van der Waals surface area contributed by atoms with Crippen LogP contribution in [-0.4, -0.2) is 18.5 Å². The maximum atomic E-state index is 13.3. The highest BCUT2D eigenvalue weighted by molar-refractivity contribution is 5.99. The molecule has 5 heteroatoms. The molecule has 116 valence electrons. The van der Waals surface area contributed by atoms with E-state index in [4.69, 9.17) is 4.74 Å². The molecule has 0 spiro atoms. The molecule has 2 atom stereocenters. The van der Waals surface area contributed by atoms with Gasteiger partial charge in [-0.15, -0.1) is 0 Å². The van der Waals surface area contributed by atoms with Crippen molar-refractivity contribution in [2.45, 2.75) is 31.6 Å². The lowest BCUT2D eigenvalue weighted by atomic mass is 9.90. The second kappa shape index (κ2) is 6.30. The Labute approximate surface area is 128 Å². The average molecular weight is 303 g/mol. The second-order valence-electron chi connectivity index (χ2n) is 5.82. The normalized spacial score (nSPS) is 23.6. The van der Waals surface area contributed by atoms with Crippen LogP contribution in [0.3, 0.4) is 0 Å². The number of amides is 1. The molecule has 22 heavy (non-hydrogen) atoms. The van der Waals surface area contributed by atoms with Crippen molar-refractivity contribution in [2.24, 2.45) is 5.92 Å². The van der Waals surface area contributed by atoms with Gasteiger partial charge >= 0.3 is 5.97 Å². The molecule has 1 aliphatic carbocycles. The zero-order valence-corrected chi connectivity index (χ0v) is 12.2. The largest absolute Gasteiger partial charge is 0.465 e. The fourth-order valence-electron chi connectivity index (χ4n) is 2.96.